The van der Waals surface area contributed by atoms with E-state index >= 15 is 0 Å². The minimum Gasteiger partial charge on any atom is -0.497 e. The standard InChI is InChI=1S/C20H19N7O3/c1-29-15-5-2-4-14(12-15)27-19-17(23-24-27)18(21-13-22-19)25-7-9-26(10-8-25)20(28)16-6-3-11-30-16/h2-6,11-13H,7-10H2,1H3. The lowest BCUT2D eigenvalue weighted by Gasteiger charge is -2.34. The molecule has 0 bridgehead atoms. The van der Waals surface area contributed by atoms with Crippen molar-refractivity contribution in [1.29, 1.82) is 0 Å². The molecule has 0 aliphatic carbocycles. The number of hydrogen-bond acceptors (Lipinski definition) is 8. The van der Waals surface area contributed by atoms with E-state index in [1.54, 1.807) is 28.8 Å². The van der Waals surface area contributed by atoms with E-state index in [0.29, 0.717) is 48.9 Å². The lowest BCUT2D eigenvalue weighted by Crippen LogP contribution is -2.49. The number of benzene rings is 1. The third kappa shape index (κ3) is 3.11. The van der Waals surface area contributed by atoms with Gasteiger partial charge in [0.25, 0.3) is 5.91 Å². The number of amides is 1. The summed E-state index contributed by atoms with van der Waals surface area (Å²) in [4.78, 5) is 25.2. The molecule has 4 aromatic rings. The Morgan fingerprint density at radius 3 is 2.73 bits per heavy atom. The van der Waals surface area contributed by atoms with E-state index in [1.807, 2.05) is 24.3 Å². The summed E-state index contributed by atoms with van der Waals surface area (Å²) in [6.45, 7) is 2.39. The van der Waals surface area contributed by atoms with E-state index < -0.39 is 0 Å². The molecule has 1 amide bonds. The normalized spacial score (nSPS) is 14.3. The van der Waals surface area contributed by atoms with Gasteiger partial charge in [-0.2, -0.15) is 4.68 Å². The fourth-order valence-electron chi connectivity index (χ4n) is 3.56. The molecule has 1 aromatic carbocycles. The van der Waals surface area contributed by atoms with Gasteiger partial charge in [-0.05, 0) is 24.3 Å². The Morgan fingerprint density at radius 2 is 1.97 bits per heavy atom. The molecule has 1 fully saturated rings. The molecule has 0 radical (unpaired) electrons. The van der Waals surface area contributed by atoms with Crippen LogP contribution in [0.1, 0.15) is 10.6 Å². The Kier molecular flexibility index (Phi) is 4.51. The molecular weight excluding hydrogens is 386 g/mol. The number of rotatable bonds is 4. The van der Waals surface area contributed by atoms with Crippen molar-refractivity contribution in [2.75, 3.05) is 38.2 Å². The van der Waals surface area contributed by atoms with Crippen LogP contribution in [-0.2, 0) is 0 Å². The highest BCUT2D eigenvalue weighted by Crippen LogP contribution is 2.25. The summed E-state index contributed by atoms with van der Waals surface area (Å²) >= 11 is 0. The van der Waals surface area contributed by atoms with Crippen molar-refractivity contribution in [3.63, 3.8) is 0 Å². The monoisotopic (exact) mass is 405 g/mol. The molecule has 1 saturated heterocycles. The second-order valence-electron chi connectivity index (χ2n) is 6.83. The molecule has 0 saturated carbocycles. The summed E-state index contributed by atoms with van der Waals surface area (Å²) in [5, 5.41) is 8.61. The van der Waals surface area contributed by atoms with Crippen molar-refractivity contribution in [3.05, 3.63) is 54.7 Å². The van der Waals surface area contributed by atoms with E-state index in [9.17, 15) is 4.79 Å². The molecule has 10 nitrogen and oxygen atoms in total. The van der Waals surface area contributed by atoms with Gasteiger partial charge in [0.2, 0.25) is 0 Å². The number of fused-ring (bicyclic) bond motifs is 1. The highest BCUT2D eigenvalue weighted by Gasteiger charge is 2.26. The summed E-state index contributed by atoms with van der Waals surface area (Å²) in [6.07, 6.45) is 3.02. The van der Waals surface area contributed by atoms with E-state index in [4.69, 9.17) is 9.15 Å². The van der Waals surface area contributed by atoms with Crippen molar-refractivity contribution in [3.8, 4) is 11.4 Å². The smallest absolute Gasteiger partial charge is 0.289 e. The van der Waals surface area contributed by atoms with Gasteiger partial charge in [-0.1, -0.05) is 11.3 Å². The van der Waals surface area contributed by atoms with Gasteiger partial charge in [-0.15, -0.1) is 5.10 Å². The molecule has 5 rings (SSSR count). The Balaban J connectivity index is 1.39. The minimum absolute atomic E-state index is 0.101. The van der Waals surface area contributed by atoms with Crippen molar-refractivity contribution >= 4 is 22.9 Å². The number of anilines is 1. The molecule has 10 heteroatoms. The van der Waals surface area contributed by atoms with E-state index in [1.165, 1.54) is 12.6 Å². The molecule has 0 atom stereocenters. The maximum absolute atomic E-state index is 12.5. The molecule has 30 heavy (non-hydrogen) atoms. The minimum atomic E-state index is -0.101. The fourth-order valence-corrected chi connectivity index (χ4v) is 3.56. The third-order valence-corrected chi connectivity index (χ3v) is 5.11. The molecule has 4 heterocycles. The molecule has 152 valence electrons. The van der Waals surface area contributed by atoms with Crippen molar-refractivity contribution < 1.29 is 13.9 Å². The van der Waals surface area contributed by atoms with Gasteiger partial charge in [0.05, 0.1) is 19.1 Å². The largest absolute Gasteiger partial charge is 0.497 e. The van der Waals surface area contributed by atoms with Crippen molar-refractivity contribution in [1.82, 2.24) is 29.9 Å². The Hall–Kier alpha value is -3.95. The van der Waals surface area contributed by atoms with Crippen molar-refractivity contribution in [2.45, 2.75) is 0 Å². The van der Waals surface area contributed by atoms with Crippen LogP contribution in [0.2, 0.25) is 0 Å². The van der Waals surface area contributed by atoms with Gasteiger partial charge < -0.3 is 19.0 Å². The number of nitrogens with zero attached hydrogens (tertiary/aromatic N) is 7. The van der Waals surface area contributed by atoms with Crippen LogP contribution in [0.25, 0.3) is 16.9 Å². The summed E-state index contributed by atoms with van der Waals surface area (Å²) < 4.78 is 12.2. The van der Waals surface area contributed by atoms with Crippen LogP contribution in [0, 0.1) is 0 Å². The van der Waals surface area contributed by atoms with Crippen LogP contribution in [0.3, 0.4) is 0 Å². The predicted molar refractivity (Wildman–Crippen MR) is 108 cm³/mol. The van der Waals surface area contributed by atoms with Crippen molar-refractivity contribution in [2.24, 2.45) is 0 Å². The highest BCUT2D eigenvalue weighted by molar-refractivity contribution is 5.91. The lowest BCUT2D eigenvalue weighted by molar-refractivity contribution is 0.0714. The van der Waals surface area contributed by atoms with Crippen LogP contribution in [-0.4, -0.2) is 69.1 Å². The highest BCUT2D eigenvalue weighted by atomic mass is 16.5. The summed E-state index contributed by atoms with van der Waals surface area (Å²) in [7, 11) is 1.62. The molecule has 0 unspecified atom stereocenters. The topological polar surface area (TPSA) is 102 Å². The fraction of sp³-hybridized carbons (Fsp3) is 0.250. The lowest BCUT2D eigenvalue weighted by atomic mass is 10.2. The number of methoxy groups -OCH3 is 1. The molecule has 3 aromatic heterocycles. The zero-order valence-electron chi connectivity index (χ0n) is 16.3. The maximum atomic E-state index is 12.5. The second kappa shape index (κ2) is 7.47. The van der Waals surface area contributed by atoms with Crippen LogP contribution >= 0.6 is 0 Å². The summed E-state index contributed by atoms with van der Waals surface area (Å²) in [6, 6.07) is 10.9. The summed E-state index contributed by atoms with van der Waals surface area (Å²) in [5.41, 5.74) is 2.03. The summed E-state index contributed by atoms with van der Waals surface area (Å²) in [5.74, 6) is 1.69. The van der Waals surface area contributed by atoms with Gasteiger partial charge >= 0.3 is 0 Å². The van der Waals surface area contributed by atoms with Gasteiger partial charge in [-0.3, -0.25) is 4.79 Å². The Morgan fingerprint density at radius 1 is 1.10 bits per heavy atom. The quantitative estimate of drug-likeness (QED) is 0.506. The number of carbonyl (C=O) groups excluding carboxylic acids is 1. The van der Waals surface area contributed by atoms with Gasteiger partial charge in [-0.25, -0.2) is 9.97 Å². The van der Waals surface area contributed by atoms with Crippen LogP contribution in [0.15, 0.2) is 53.4 Å². The van der Waals surface area contributed by atoms with E-state index in [-0.39, 0.29) is 5.91 Å². The first kappa shape index (κ1) is 18.1. The second-order valence-corrected chi connectivity index (χ2v) is 6.83. The van der Waals surface area contributed by atoms with Crippen LogP contribution in [0.4, 0.5) is 5.82 Å². The van der Waals surface area contributed by atoms with Gasteiger partial charge in [0, 0.05) is 32.2 Å². The molecule has 0 spiro atoms. The molecule has 0 N–H and O–H groups in total. The number of carbonyl (C=O) groups is 1. The van der Waals surface area contributed by atoms with Gasteiger partial charge in [0.15, 0.2) is 22.7 Å². The number of piperazine rings is 1. The Labute approximate surface area is 171 Å². The molecule has 1 aliphatic rings. The van der Waals surface area contributed by atoms with Crippen LogP contribution < -0.4 is 9.64 Å². The number of aromatic nitrogens is 5. The third-order valence-electron chi connectivity index (χ3n) is 5.11. The number of ether oxygens (including phenoxy) is 1. The van der Waals surface area contributed by atoms with E-state index in [2.05, 4.69) is 25.2 Å². The Bertz CT molecular complexity index is 1180. The number of hydrogen-bond donors (Lipinski definition) is 0. The number of furan rings is 1. The zero-order valence-corrected chi connectivity index (χ0v) is 16.3. The first-order valence-corrected chi connectivity index (χ1v) is 9.53. The van der Waals surface area contributed by atoms with Gasteiger partial charge in [0.1, 0.15) is 12.1 Å². The average molecular weight is 405 g/mol. The average Bonchev–Trinajstić information content (AvgIpc) is 3.49. The first-order valence-electron chi connectivity index (χ1n) is 9.53. The molecular formula is C20H19N7O3. The maximum Gasteiger partial charge on any atom is 0.289 e. The zero-order chi connectivity index (χ0) is 20.5. The van der Waals surface area contributed by atoms with E-state index in [0.717, 1.165) is 11.4 Å². The predicted octanol–water partition coefficient (Wildman–Crippen LogP) is 1.77. The van der Waals surface area contributed by atoms with Crippen LogP contribution in [0.5, 0.6) is 5.75 Å². The molecule has 1 aliphatic heterocycles. The first-order chi connectivity index (χ1) is 14.7. The SMILES string of the molecule is COc1cccc(-n2nnc3c(N4CCN(C(=O)c5ccco5)CC4)ncnc32)c1.